The zero-order valence-corrected chi connectivity index (χ0v) is 8.20. The van der Waals surface area contributed by atoms with Gasteiger partial charge in [-0.05, 0) is 12.0 Å². The van der Waals surface area contributed by atoms with Crippen LogP contribution in [0.15, 0.2) is 30.3 Å². The summed E-state index contributed by atoms with van der Waals surface area (Å²) in [6.45, 7) is 1.92. The second-order valence-electron chi connectivity index (χ2n) is 4.44. The Balaban J connectivity index is 1.78. The Morgan fingerprint density at radius 1 is 1.36 bits per heavy atom. The third-order valence-corrected chi connectivity index (χ3v) is 3.29. The number of ether oxygens (including phenoxy) is 1. The Morgan fingerprint density at radius 3 is 2.79 bits per heavy atom. The molecular weight excluding hydrogens is 174 g/mol. The maximum atomic E-state index is 5.88. The van der Waals surface area contributed by atoms with Gasteiger partial charge >= 0.3 is 0 Å². The van der Waals surface area contributed by atoms with E-state index in [1.54, 1.807) is 0 Å². The topological polar surface area (TPSA) is 21.3 Å². The first-order valence-electron chi connectivity index (χ1n) is 5.28. The van der Waals surface area contributed by atoms with Crippen LogP contribution in [-0.2, 0) is 11.2 Å². The average Bonchev–Trinajstić information content (AvgIpc) is 2.78. The molecule has 0 amide bonds. The highest BCUT2D eigenvalue weighted by molar-refractivity contribution is 5.19. The first-order valence-corrected chi connectivity index (χ1v) is 5.28. The van der Waals surface area contributed by atoms with Crippen molar-refractivity contribution in [2.75, 3.05) is 13.2 Å². The number of morpholine rings is 1. The molecule has 0 aliphatic carbocycles. The van der Waals surface area contributed by atoms with Crippen molar-refractivity contribution in [2.45, 2.75) is 24.5 Å². The standard InChI is InChI=1S/C12H15NO/c1-2-4-10(5-3-1)6-12-7-11(8-14-12)13-9-12/h1-5,11,13H,6-9H2/t11?,12-/m0/s1. The summed E-state index contributed by atoms with van der Waals surface area (Å²) >= 11 is 0. The fraction of sp³-hybridized carbons (Fsp3) is 0.500. The second-order valence-corrected chi connectivity index (χ2v) is 4.44. The minimum Gasteiger partial charge on any atom is -0.372 e. The quantitative estimate of drug-likeness (QED) is 0.758. The molecule has 1 unspecified atom stereocenters. The molecule has 0 aromatic heterocycles. The highest BCUT2D eigenvalue weighted by Gasteiger charge is 2.45. The number of nitrogens with one attached hydrogen (secondary N) is 1. The maximum Gasteiger partial charge on any atom is 0.0862 e. The molecule has 2 aliphatic rings. The van der Waals surface area contributed by atoms with Gasteiger partial charge < -0.3 is 10.1 Å². The number of fused-ring (bicyclic) bond motifs is 2. The van der Waals surface area contributed by atoms with Gasteiger partial charge in [0.25, 0.3) is 0 Å². The predicted molar refractivity (Wildman–Crippen MR) is 55.2 cm³/mol. The molecule has 0 saturated carbocycles. The van der Waals surface area contributed by atoms with E-state index in [9.17, 15) is 0 Å². The van der Waals surface area contributed by atoms with Crippen molar-refractivity contribution in [3.63, 3.8) is 0 Å². The molecule has 2 aliphatic heterocycles. The Kier molecular flexibility index (Phi) is 1.85. The van der Waals surface area contributed by atoms with E-state index in [1.165, 1.54) is 12.0 Å². The summed E-state index contributed by atoms with van der Waals surface area (Å²) in [6.07, 6.45) is 2.24. The smallest absolute Gasteiger partial charge is 0.0862 e. The molecule has 0 spiro atoms. The lowest BCUT2D eigenvalue weighted by Gasteiger charge is -2.26. The highest BCUT2D eigenvalue weighted by atomic mass is 16.5. The fourth-order valence-corrected chi connectivity index (χ4v) is 2.58. The van der Waals surface area contributed by atoms with Crippen LogP contribution in [0.4, 0.5) is 0 Å². The first kappa shape index (κ1) is 8.45. The predicted octanol–water partition coefficient (Wildman–Crippen LogP) is 1.36. The largest absolute Gasteiger partial charge is 0.372 e. The van der Waals surface area contributed by atoms with Gasteiger partial charge in [-0.1, -0.05) is 30.3 Å². The van der Waals surface area contributed by atoms with Crippen molar-refractivity contribution >= 4 is 0 Å². The van der Waals surface area contributed by atoms with Gasteiger partial charge in [0.1, 0.15) is 0 Å². The van der Waals surface area contributed by atoms with Crippen LogP contribution < -0.4 is 5.32 Å². The van der Waals surface area contributed by atoms with Gasteiger partial charge in [0, 0.05) is 19.0 Å². The SMILES string of the molecule is c1ccc(C[C@]23CNC(CO2)C3)cc1. The Hall–Kier alpha value is -0.860. The van der Waals surface area contributed by atoms with E-state index in [0.29, 0.717) is 6.04 Å². The Bertz CT molecular complexity index is 314. The molecule has 1 aromatic carbocycles. The van der Waals surface area contributed by atoms with Crippen LogP contribution in [0.5, 0.6) is 0 Å². The minimum atomic E-state index is 0.103. The zero-order chi connectivity index (χ0) is 9.43. The molecule has 2 atom stereocenters. The van der Waals surface area contributed by atoms with Crippen LogP contribution in [0.2, 0.25) is 0 Å². The minimum absolute atomic E-state index is 0.103. The summed E-state index contributed by atoms with van der Waals surface area (Å²) in [5, 5.41) is 3.49. The summed E-state index contributed by atoms with van der Waals surface area (Å²) in [4.78, 5) is 0. The molecule has 3 rings (SSSR count). The van der Waals surface area contributed by atoms with Crippen molar-refractivity contribution in [3.8, 4) is 0 Å². The van der Waals surface area contributed by atoms with Gasteiger partial charge in [-0.3, -0.25) is 0 Å². The molecule has 2 heteroatoms. The summed E-state index contributed by atoms with van der Waals surface area (Å²) in [5.41, 5.74) is 1.49. The van der Waals surface area contributed by atoms with Gasteiger partial charge in [0.2, 0.25) is 0 Å². The molecule has 2 bridgehead atoms. The lowest BCUT2D eigenvalue weighted by atomic mass is 9.94. The molecular formula is C12H15NO. The van der Waals surface area contributed by atoms with Gasteiger partial charge in [-0.25, -0.2) is 0 Å². The van der Waals surface area contributed by atoms with Crippen molar-refractivity contribution < 1.29 is 4.74 Å². The van der Waals surface area contributed by atoms with E-state index in [4.69, 9.17) is 4.74 Å². The molecule has 2 heterocycles. The normalized spacial score (nSPS) is 35.0. The van der Waals surface area contributed by atoms with Gasteiger partial charge in [0.05, 0.1) is 12.2 Å². The Morgan fingerprint density at radius 2 is 2.21 bits per heavy atom. The third-order valence-electron chi connectivity index (χ3n) is 3.29. The number of benzene rings is 1. The highest BCUT2D eigenvalue weighted by Crippen LogP contribution is 2.34. The van der Waals surface area contributed by atoms with Crippen LogP contribution in [0.1, 0.15) is 12.0 Å². The van der Waals surface area contributed by atoms with Crippen molar-refractivity contribution in [2.24, 2.45) is 0 Å². The summed E-state index contributed by atoms with van der Waals surface area (Å²) in [6, 6.07) is 11.2. The molecule has 1 N–H and O–H groups in total. The summed E-state index contributed by atoms with van der Waals surface area (Å²) in [5.74, 6) is 0. The average molecular weight is 189 g/mol. The number of rotatable bonds is 2. The van der Waals surface area contributed by atoms with Crippen LogP contribution >= 0.6 is 0 Å². The molecule has 2 fully saturated rings. The molecule has 14 heavy (non-hydrogen) atoms. The zero-order valence-electron chi connectivity index (χ0n) is 8.20. The number of hydrogen-bond acceptors (Lipinski definition) is 2. The first-order chi connectivity index (χ1) is 6.86. The van der Waals surface area contributed by atoms with Gasteiger partial charge in [0.15, 0.2) is 0 Å². The van der Waals surface area contributed by atoms with Crippen molar-refractivity contribution in [3.05, 3.63) is 35.9 Å². The lowest BCUT2D eigenvalue weighted by molar-refractivity contribution is -0.00521. The summed E-state index contributed by atoms with van der Waals surface area (Å²) in [7, 11) is 0. The van der Waals surface area contributed by atoms with E-state index >= 15 is 0 Å². The summed E-state index contributed by atoms with van der Waals surface area (Å²) < 4.78 is 5.88. The monoisotopic (exact) mass is 189 g/mol. The van der Waals surface area contributed by atoms with Crippen LogP contribution in [0.25, 0.3) is 0 Å². The third kappa shape index (κ3) is 1.35. The second kappa shape index (κ2) is 3.07. The maximum absolute atomic E-state index is 5.88. The lowest BCUT2D eigenvalue weighted by Crippen LogP contribution is -2.40. The molecule has 1 aromatic rings. The van der Waals surface area contributed by atoms with E-state index in [-0.39, 0.29) is 5.60 Å². The Labute approximate surface area is 84.3 Å². The van der Waals surface area contributed by atoms with Crippen LogP contribution in [0, 0.1) is 0 Å². The van der Waals surface area contributed by atoms with E-state index < -0.39 is 0 Å². The van der Waals surface area contributed by atoms with Crippen molar-refractivity contribution in [1.29, 1.82) is 0 Å². The molecule has 0 radical (unpaired) electrons. The van der Waals surface area contributed by atoms with Crippen molar-refractivity contribution in [1.82, 2.24) is 5.32 Å². The molecule has 2 nitrogen and oxygen atoms in total. The van der Waals surface area contributed by atoms with Gasteiger partial charge in [-0.15, -0.1) is 0 Å². The van der Waals surface area contributed by atoms with Gasteiger partial charge in [-0.2, -0.15) is 0 Å². The van der Waals surface area contributed by atoms with E-state index in [0.717, 1.165) is 19.6 Å². The molecule has 74 valence electrons. The van der Waals surface area contributed by atoms with E-state index in [1.807, 2.05) is 0 Å². The van der Waals surface area contributed by atoms with E-state index in [2.05, 4.69) is 35.6 Å². The van der Waals surface area contributed by atoms with Crippen LogP contribution in [-0.4, -0.2) is 24.8 Å². The molecule has 2 saturated heterocycles. The number of hydrogen-bond donors (Lipinski definition) is 1. The fourth-order valence-electron chi connectivity index (χ4n) is 2.58. The van der Waals surface area contributed by atoms with Crippen LogP contribution in [0.3, 0.4) is 0 Å².